The maximum Gasteiger partial charge on any atom is 0.317 e. The molecule has 0 atom stereocenters. The lowest BCUT2D eigenvalue weighted by Crippen LogP contribution is -2.50. The Bertz CT molecular complexity index is 398. The van der Waals surface area contributed by atoms with E-state index < -0.39 is 5.97 Å². The molecular weight excluding hydrogens is 256 g/mol. The Kier molecular flexibility index (Phi) is 3.61. The molecule has 2 amide bonds. The van der Waals surface area contributed by atoms with Crippen LogP contribution in [0.3, 0.4) is 0 Å². The van der Waals surface area contributed by atoms with Gasteiger partial charge < -0.3 is 15.3 Å². The number of hydrogen-bond donors (Lipinski definition) is 2. The van der Waals surface area contributed by atoms with Crippen molar-refractivity contribution in [2.45, 2.75) is 57.4 Å². The predicted octanol–water partition coefficient (Wildman–Crippen LogP) is 2.22. The van der Waals surface area contributed by atoms with Crippen molar-refractivity contribution in [1.82, 2.24) is 10.2 Å². The first kappa shape index (κ1) is 13.7. The number of hydrogen-bond acceptors (Lipinski definition) is 2. The van der Waals surface area contributed by atoms with Crippen molar-refractivity contribution in [3.05, 3.63) is 0 Å². The fourth-order valence-corrected chi connectivity index (χ4v) is 3.72. The van der Waals surface area contributed by atoms with Gasteiger partial charge in [0.15, 0.2) is 0 Å². The number of likely N-dealkylation sites (tertiary alicyclic amines) is 1. The number of urea groups is 1. The minimum Gasteiger partial charge on any atom is -0.481 e. The lowest BCUT2D eigenvalue weighted by atomic mass is 9.86. The van der Waals surface area contributed by atoms with Gasteiger partial charge in [-0.1, -0.05) is 0 Å². The molecule has 1 heterocycles. The fourth-order valence-electron chi connectivity index (χ4n) is 3.72. The highest BCUT2D eigenvalue weighted by molar-refractivity contribution is 5.75. The number of carbonyl (C=O) groups is 2. The molecular formula is C15H24N2O3. The van der Waals surface area contributed by atoms with Crippen LogP contribution in [0.4, 0.5) is 4.79 Å². The summed E-state index contributed by atoms with van der Waals surface area (Å²) in [6.45, 7) is 1.79. The molecule has 0 unspecified atom stereocenters. The van der Waals surface area contributed by atoms with E-state index in [1.165, 1.54) is 19.3 Å². The summed E-state index contributed by atoms with van der Waals surface area (Å²) in [6, 6.07) is 0.227. The normalized spacial score (nSPS) is 31.9. The third-order valence-corrected chi connectivity index (χ3v) is 5.31. The molecule has 0 bridgehead atoms. The molecule has 2 aliphatic carbocycles. The Balaban J connectivity index is 1.46. The number of carboxylic acid groups (broad SMARTS) is 1. The number of aliphatic carboxylic acids is 1. The summed E-state index contributed by atoms with van der Waals surface area (Å²) in [5, 5.41) is 12.1. The second-order valence-electron chi connectivity index (χ2n) is 6.86. The molecule has 5 nitrogen and oxygen atoms in total. The fraction of sp³-hybridized carbons (Fsp3) is 0.867. The van der Waals surface area contributed by atoms with Crippen molar-refractivity contribution in [2.24, 2.45) is 11.3 Å². The lowest BCUT2D eigenvalue weighted by Gasteiger charge is -2.35. The summed E-state index contributed by atoms with van der Waals surface area (Å²) < 4.78 is 0. The predicted molar refractivity (Wildman–Crippen MR) is 74.4 cm³/mol. The standard InChI is InChI=1S/C15H24N2O3/c18-13(19)11-2-4-12(5-3-11)16-14(20)17-9-1-6-15(10-17)7-8-15/h11-12H,1-10H2,(H,16,20)(H,18,19). The Labute approximate surface area is 119 Å². The highest BCUT2D eigenvalue weighted by Gasteiger charge is 2.46. The zero-order chi connectivity index (χ0) is 14.2. The summed E-state index contributed by atoms with van der Waals surface area (Å²) in [6.07, 6.45) is 7.92. The summed E-state index contributed by atoms with van der Waals surface area (Å²) in [4.78, 5) is 25.2. The quantitative estimate of drug-likeness (QED) is 0.815. The van der Waals surface area contributed by atoms with Crippen LogP contribution in [0.25, 0.3) is 0 Å². The Morgan fingerprint density at radius 2 is 1.80 bits per heavy atom. The van der Waals surface area contributed by atoms with E-state index in [0.717, 1.165) is 32.4 Å². The molecule has 3 aliphatic rings. The molecule has 0 aromatic carbocycles. The van der Waals surface area contributed by atoms with Crippen molar-refractivity contribution < 1.29 is 14.7 Å². The molecule has 3 fully saturated rings. The van der Waals surface area contributed by atoms with Gasteiger partial charge in [-0.3, -0.25) is 4.79 Å². The number of nitrogens with zero attached hydrogens (tertiary/aromatic N) is 1. The second-order valence-corrected chi connectivity index (χ2v) is 6.86. The smallest absolute Gasteiger partial charge is 0.317 e. The zero-order valence-electron chi connectivity index (χ0n) is 11.9. The summed E-state index contributed by atoms with van der Waals surface area (Å²) >= 11 is 0. The number of rotatable bonds is 2. The second kappa shape index (κ2) is 5.26. The van der Waals surface area contributed by atoms with Gasteiger partial charge in [0.05, 0.1) is 5.92 Å². The van der Waals surface area contributed by atoms with Crippen LogP contribution in [0, 0.1) is 11.3 Å². The van der Waals surface area contributed by atoms with Gasteiger partial charge in [0.2, 0.25) is 0 Å². The first-order valence-electron chi connectivity index (χ1n) is 7.86. The third-order valence-electron chi connectivity index (χ3n) is 5.31. The van der Waals surface area contributed by atoms with E-state index in [0.29, 0.717) is 18.3 Å². The summed E-state index contributed by atoms with van der Waals surface area (Å²) in [5.74, 6) is -0.908. The number of carboxylic acids is 1. The van der Waals surface area contributed by atoms with Gasteiger partial charge in [-0.25, -0.2) is 4.79 Å². The average Bonchev–Trinajstić information content (AvgIpc) is 3.18. The molecule has 0 aromatic heterocycles. The van der Waals surface area contributed by atoms with Crippen molar-refractivity contribution in [2.75, 3.05) is 13.1 Å². The third kappa shape index (κ3) is 2.91. The first-order valence-corrected chi connectivity index (χ1v) is 7.86. The summed E-state index contributed by atoms with van der Waals surface area (Å²) in [7, 11) is 0. The van der Waals surface area contributed by atoms with Crippen LogP contribution in [0.2, 0.25) is 0 Å². The molecule has 2 N–H and O–H groups in total. The summed E-state index contributed by atoms with van der Waals surface area (Å²) in [5.41, 5.74) is 0.455. The van der Waals surface area contributed by atoms with Crippen LogP contribution >= 0.6 is 0 Å². The van der Waals surface area contributed by atoms with Gasteiger partial charge in [-0.15, -0.1) is 0 Å². The average molecular weight is 280 g/mol. The van der Waals surface area contributed by atoms with Gasteiger partial charge in [-0.05, 0) is 56.8 Å². The Morgan fingerprint density at radius 1 is 1.10 bits per heavy atom. The lowest BCUT2D eigenvalue weighted by molar-refractivity contribution is -0.142. The van der Waals surface area contributed by atoms with E-state index in [1.807, 2.05) is 4.90 Å². The van der Waals surface area contributed by atoms with Crippen molar-refractivity contribution in [3.63, 3.8) is 0 Å². The van der Waals surface area contributed by atoms with Crippen LogP contribution in [-0.2, 0) is 4.79 Å². The number of nitrogens with one attached hydrogen (secondary N) is 1. The van der Waals surface area contributed by atoms with Gasteiger partial charge in [-0.2, -0.15) is 0 Å². The maximum absolute atomic E-state index is 12.3. The first-order chi connectivity index (χ1) is 9.58. The number of piperidine rings is 1. The van der Waals surface area contributed by atoms with Crippen molar-refractivity contribution >= 4 is 12.0 Å². The molecule has 3 rings (SSSR count). The van der Waals surface area contributed by atoms with E-state index in [9.17, 15) is 9.59 Å². The minimum atomic E-state index is -0.693. The molecule has 2 saturated carbocycles. The highest BCUT2D eigenvalue weighted by Crippen LogP contribution is 2.51. The van der Waals surface area contributed by atoms with E-state index >= 15 is 0 Å². The molecule has 5 heteroatoms. The molecule has 0 aromatic rings. The Morgan fingerprint density at radius 3 is 2.40 bits per heavy atom. The van der Waals surface area contributed by atoms with Crippen molar-refractivity contribution in [1.29, 1.82) is 0 Å². The molecule has 1 spiro atoms. The van der Waals surface area contributed by atoms with Crippen LogP contribution < -0.4 is 5.32 Å². The van der Waals surface area contributed by atoms with E-state index in [1.54, 1.807) is 0 Å². The Hall–Kier alpha value is -1.26. The van der Waals surface area contributed by atoms with Crippen LogP contribution in [0.5, 0.6) is 0 Å². The monoisotopic (exact) mass is 280 g/mol. The van der Waals surface area contributed by atoms with Crippen LogP contribution in [0.15, 0.2) is 0 Å². The topological polar surface area (TPSA) is 69.6 Å². The maximum atomic E-state index is 12.3. The molecule has 1 aliphatic heterocycles. The SMILES string of the molecule is O=C(O)C1CCC(NC(=O)N2CCCC3(CC3)C2)CC1. The van der Waals surface area contributed by atoms with Gasteiger partial charge in [0.25, 0.3) is 0 Å². The molecule has 0 radical (unpaired) electrons. The minimum absolute atomic E-state index is 0.0646. The van der Waals surface area contributed by atoms with Gasteiger partial charge >= 0.3 is 12.0 Å². The van der Waals surface area contributed by atoms with Gasteiger partial charge in [0.1, 0.15) is 0 Å². The van der Waals surface area contributed by atoms with Crippen LogP contribution in [0.1, 0.15) is 51.4 Å². The largest absolute Gasteiger partial charge is 0.481 e. The highest BCUT2D eigenvalue weighted by atomic mass is 16.4. The molecule has 112 valence electrons. The molecule has 20 heavy (non-hydrogen) atoms. The number of carbonyl (C=O) groups excluding carboxylic acids is 1. The zero-order valence-corrected chi connectivity index (χ0v) is 11.9. The molecule has 1 saturated heterocycles. The van der Waals surface area contributed by atoms with Crippen LogP contribution in [-0.4, -0.2) is 41.1 Å². The van der Waals surface area contributed by atoms with E-state index in [2.05, 4.69) is 5.32 Å². The number of amides is 2. The van der Waals surface area contributed by atoms with E-state index in [-0.39, 0.29) is 18.0 Å². The van der Waals surface area contributed by atoms with Gasteiger partial charge in [0, 0.05) is 19.1 Å². The van der Waals surface area contributed by atoms with Crippen molar-refractivity contribution in [3.8, 4) is 0 Å². The van der Waals surface area contributed by atoms with E-state index in [4.69, 9.17) is 5.11 Å².